The fourth-order valence-corrected chi connectivity index (χ4v) is 3.01. The molecule has 0 aliphatic carbocycles. The van der Waals surface area contributed by atoms with Crippen molar-refractivity contribution >= 4 is 11.3 Å². The zero-order chi connectivity index (χ0) is 15.6. The SMILES string of the molecule is Cc1cccc(OCc2nc(C(C)(C)C)c(C#N)s2)c1C. The zero-order valence-electron chi connectivity index (χ0n) is 13.2. The highest BCUT2D eigenvalue weighted by Crippen LogP contribution is 2.30. The van der Waals surface area contributed by atoms with E-state index in [1.54, 1.807) is 0 Å². The van der Waals surface area contributed by atoms with Gasteiger partial charge in [-0.25, -0.2) is 4.98 Å². The number of aromatic nitrogens is 1. The first kappa shape index (κ1) is 15.5. The van der Waals surface area contributed by atoms with Gasteiger partial charge in [0, 0.05) is 5.41 Å². The summed E-state index contributed by atoms with van der Waals surface area (Å²) in [5.41, 5.74) is 3.08. The minimum atomic E-state index is -0.126. The van der Waals surface area contributed by atoms with E-state index in [-0.39, 0.29) is 5.41 Å². The molecule has 0 N–H and O–H groups in total. The van der Waals surface area contributed by atoms with Gasteiger partial charge in [-0.1, -0.05) is 32.9 Å². The van der Waals surface area contributed by atoms with Crippen LogP contribution in [0.2, 0.25) is 0 Å². The minimum absolute atomic E-state index is 0.126. The summed E-state index contributed by atoms with van der Waals surface area (Å²) in [6.45, 7) is 10.7. The second-order valence-electron chi connectivity index (χ2n) is 6.13. The molecular formula is C17H20N2OS. The highest BCUT2D eigenvalue weighted by molar-refractivity contribution is 7.12. The zero-order valence-corrected chi connectivity index (χ0v) is 14.0. The summed E-state index contributed by atoms with van der Waals surface area (Å²) in [6, 6.07) is 8.26. The molecule has 110 valence electrons. The highest BCUT2D eigenvalue weighted by Gasteiger charge is 2.23. The first-order valence-corrected chi connectivity index (χ1v) is 7.74. The third-order valence-electron chi connectivity index (χ3n) is 3.39. The second-order valence-corrected chi connectivity index (χ2v) is 7.22. The summed E-state index contributed by atoms with van der Waals surface area (Å²) >= 11 is 1.42. The molecule has 0 saturated heterocycles. The molecule has 3 nitrogen and oxygen atoms in total. The normalized spacial score (nSPS) is 11.2. The third kappa shape index (κ3) is 3.43. The van der Waals surface area contributed by atoms with Gasteiger partial charge < -0.3 is 4.74 Å². The molecular weight excluding hydrogens is 280 g/mol. The van der Waals surface area contributed by atoms with Crippen LogP contribution in [0.3, 0.4) is 0 Å². The lowest BCUT2D eigenvalue weighted by Crippen LogP contribution is -2.13. The molecule has 0 bridgehead atoms. The van der Waals surface area contributed by atoms with Crippen LogP contribution >= 0.6 is 11.3 Å². The van der Waals surface area contributed by atoms with Crippen molar-refractivity contribution in [2.75, 3.05) is 0 Å². The molecule has 0 spiro atoms. The van der Waals surface area contributed by atoms with Crippen LogP contribution in [-0.2, 0) is 12.0 Å². The van der Waals surface area contributed by atoms with Gasteiger partial charge in [-0.3, -0.25) is 0 Å². The lowest BCUT2D eigenvalue weighted by Gasteiger charge is -2.15. The van der Waals surface area contributed by atoms with Crippen molar-refractivity contribution in [2.45, 2.75) is 46.6 Å². The van der Waals surface area contributed by atoms with Crippen LogP contribution in [0.15, 0.2) is 18.2 Å². The topological polar surface area (TPSA) is 45.9 Å². The van der Waals surface area contributed by atoms with Crippen LogP contribution in [-0.4, -0.2) is 4.98 Å². The number of benzene rings is 1. The first-order valence-electron chi connectivity index (χ1n) is 6.92. The van der Waals surface area contributed by atoms with E-state index >= 15 is 0 Å². The first-order chi connectivity index (χ1) is 9.82. The van der Waals surface area contributed by atoms with E-state index in [9.17, 15) is 5.26 Å². The van der Waals surface area contributed by atoms with E-state index in [1.807, 2.05) is 19.1 Å². The predicted octanol–water partition coefficient (Wildman–Crippen LogP) is 4.51. The molecule has 0 fully saturated rings. The molecule has 0 unspecified atom stereocenters. The van der Waals surface area contributed by atoms with Gasteiger partial charge in [0.25, 0.3) is 0 Å². The number of rotatable bonds is 3. The molecule has 4 heteroatoms. The molecule has 0 saturated carbocycles. The quantitative estimate of drug-likeness (QED) is 0.838. The fraction of sp³-hybridized carbons (Fsp3) is 0.412. The molecule has 0 atom stereocenters. The Hall–Kier alpha value is -1.86. The number of hydrogen-bond donors (Lipinski definition) is 0. The Bertz CT molecular complexity index is 690. The summed E-state index contributed by atoms with van der Waals surface area (Å²) in [5.74, 6) is 0.876. The van der Waals surface area contributed by atoms with Crippen LogP contribution in [0.1, 0.15) is 47.5 Å². The number of hydrogen-bond acceptors (Lipinski definition) is 4. The molecule has 1 heterocycles. The lowest BCUT2D eigenvalue weighted by atomic mass is 9.91. The molecule has 0 aliphatic rings. The maximum atomic E-state index is 9.24. The summed E-state index contributed by atoms with van der Waals surface area (Å²) < 4.78 is 5.87. The van der Waals surface area contributed by atoms with E-state index in [1.165, 1.54) is 16.9 Å². The Morgan fingerprint density at radius 2 is 2.00 bits per heavy atom. The van der Waals surface area contributed by atoms with Crippen molar-refractivity contribution in [3.63, 3.8) is 0 Å². The number of nitriles is 1. The van der Waals surface area contributed by atoms with E-state index in [0.717, 1.165) is 22.0 Å². The smallest absolute Gasteiger partial charge is 0.140 e. The second kappa shape index (κ2) is 5.87. The number of thiazole rings is 1. The molecule has 2 rings (SSSR count). The number of ether oxygens (including phenoxy) is 1. The van der Waals surface area contributed by atoms with Gasteiger partial charge in [-0.05, 0) is 31.0 Å². The van der Waals surface area contributed by atoms with Gasteiger partial charge >= 0.3 is 0 Å². The number of aryl methyl sites for hydroxylation is 1. The van der Waals surface area contributed by atoms with Crippen molar-refractivity contribution in [3.05, 3.63) is 44.9 Å². The molecule has 0 aliphatic heterocycles. The van der Waals surface area contributed by atoms with Crippen LogP contribution in [0.25, 0.3) is 0 Å². The summed E-state index contributed by atoms with van der Waals surface area (Å²) in [4.78, 5) is 5.27. The highest BCUT2D eigenvalue weighted by atomic mass is 32.1. The molecule has 0 amide bonds. The third-order valence-corrected chi connectivity index (χ3v) is 4.32. The van der Waals surface area contributed by atoms with Crippen LogP contribution in [0.5, 0.6) is 5.75 Å². The standard InChI is InChI=1S/C17H20N2OS/c1-11-7-6-8-13(12(11)2)20-10-15-19-16(17(3,4)5)14(9-18)21-15/h6-8H,10H2,1-5H3. The van der Waals surface area contributed by atoms with Gasteiger partial charge in [0.1, 0.15) is 28.3 Å². The van der Waals surface area contributed by atoms with Crippen LogP contribution < -0.4 is 4.74 Å². The Morgan fingerprint density at radius 1 is 1.29 bits per heavy atom. The van der Waals surface area contributed by atoms with Gasteiger partial charge in [0.2, 0.25) is 0 Å². The maximum absolute atomic E-state index is 9.24. The number of nitrogens with zero attached hydrogens (tertiary/aromatic N) is 2. The van der Waals surface area contributed by atoms with E-state index < -0.39 is 0 Å². The average Bonchev–Trinajstić information content (AvgIpc) is 2.84. The molecule has 2 aromatic rings. The maximum Gasteiger partial charge on any atom is 0.140 e. The van der Waals surface area contributed by atoms with Crippen molar-refractivity contribution < 1.29 is 4.74 Å². The van der Waals surface area contributed by atoms with Crippen LogP contribution in [0, 0.1) is 25.2 Å². The lowest BCUT2D eigenvalue weighted by molar-refractivity contribution is 0.302. The van der Waals surface area contributed by atoms with Crippen molar-refractivity contribution in [1.82, 2.24) is 4.98 Å². The summed E-state index contributed by atoms with van der Waals surface area (Å²) in [5, 5.41) is 10.1. The van der Waals surface area contributed by atoms with E-state index in [2.05, 4.69) is 44.8 Å². The fourth-order valence-electron chi connectivity index (χ4n) is 2.03. The van der Waals surface area contributed by atoms with Gasteiger partial charge in [-0.15, -0.1) is 11.3 Å². The van der Waals surface area contributed by atoms with Gasteiger partial charge in [0.05, 0.1) is 5.69 Å². The molecule has 21 heavy (non-hydrogen) atoms. The van der Waals surface area contributed by atoms with Crippen molar-refractivity contribution in [1.29, 1.82) is 5.26 Å². The Kier molecular flexibility index (Phi) is 4.34. The summed E-state index contributed by atoms with van der Waals surface area (Å²) in [6.07, 6.45) is 0. The van der Waals surface area contributed by atoms with Gasteiger partial charge in [-0.2, -0.15) is 5.26 Å². The predicted molar refractivity (Wildman–Crippen MR) is 85.8 cm³/mol. The van der Waals surface area contributed by atoms with Crippen molar-refractivity contribution in [2.24, 2.45) is 0 Å². The average molecular weight is 300 g/mol. The van der Waals surface area contributed by atoms with E-state index in [4.69, 9.17) is 4.74 Å². The van der Waals surface area contributed by atoms with Crippen LogP contribution in [0.4, 0.5) is 0 Å². The Labute approximate surface area is 130 Å². The monoisotopic (exact) mass is 300 g/mol. The summed E-state index contributed by atoms with van der Waals surface area (Å²) in [7, 11) is 0. The molecule has 1 aromatic heterocycles. The van der Waals surface area contributed by atoms with Gasteiger partial charge in [0.15, 0.2) is 0 Å². The Balaban J connectivity index is 2.20. The van der Waals surface area contributed by atoms with Crippen molar-refractivity contribution in [3.8, 4) is 11.8 Å². The minimum Gasteiger partial charge on any atom is -0.486 e. The van der Waals surface area contributed by atoms with E-state index in [0.29, 0.717) is 11.5 Å². The Morgan fingerprint density at radius 3 is 2.57 bits per heavy atom. The molecule has 0 radical (unpaired) electrons. The molecule has 1 aromatic carbocycles. The largest absolute Gasteiger partial charge is 0.486 e.